The number of aliphatic hydroxyl groups excluding tert-OH is 1. The molecule has 5 nitrogen and oxygen atoms in total. The molecule has 0 aliphatic carbocycles. The number of nitrogens with one attached hydrogen (secondary N) is 2. The van der Waals surface area contributed by atoms with E-state index in [1.165, 1.54) is 6.92 Å². The van der Waals surface area contributed by atoms with Crippen LogP contribution in [-0.2, 0) is 4.74 Å². The molecule has 11 heavy (non-hydrogen) atoms. The normalized spacial score (nSPS) is 15.5. The van der Waals surface area contributed by atoms with Gasteiger partial charge in [0.1, 0.15) is 0 Å². The van der Waals surface area contributed by atoms with E-state index in [0.717, 1.165) is 0 Å². The third-order valence-corrected chi connectivity index (χ3v) is 1.01. The zero-order valence-corrected chi connectivity index (χ0v) is 6.79. The van der Waals surface area contributed by atoms with Crippen molar-refractivity contribution < 1.29 is 9.84 Å². The number of rotatable bonds is 4. The second-order valence-electron chi connectivity index (χ2n) is 2.34. The molecule has 0 saturated heterocycles. The molecule has 0 fully saturated rings. The third kappa shape index (κ3) is 7.08. The summed E-state index contributed by atoms with van der Waals surface area (Å²) < 4.78 is 4.94. The van der Waals surface area contributed by atoms with E-state index < -0.39 is 6.29 Å². The molecule has 66 valence electrons. The maximum absolute atomic E-state index is 8.75. The molecule has 0 aliphatic heterocycles. The van der Waals surface area contributed by atoms with E-state index in [0.29, 0.717) is 6.54 Å². The maximum atomic E-state index is 8.75. The van der Waals surface area contributed by atoms with Crippen LogP contribution in [0.15, 0.2) is 0 Å². The summed E-state index contributed by atoms with van der Waals surface area (Å²) in [6.45, 7) is 3.74. The van der Waals surface area contributed by atoms with Crippen LogP contribution in [0.3, 0.4) is 0 Å². The molecule has 2 atom stereocenters. The molecule has 0 aliphatic rings. The fourth-order valence-electron chi connectivity index (χ4n) is 0.638. The van der Waals surface area contributed by atoms with Crippen LogP contribution >= 0.6 is 0 Å². The summed E-state index contributed by atoms with van der Waals surface area (Å²) in [5.74, 6) is -0.0916. The van der Waals surface area contributed by atoms with Crippen LogP contribution in [0.25, 0.3) is 0 Å². The van der Waals surface area contributed by atoms with Crippen molar-refractivity contribution in [3.05, 3.63) is 0 Å². The van der Waals surface area contributed by atoms with Crippen molar-refractivity contribution in [2.24, 2.45) is 5.73 Å². The average Bonchev–Trinajstić information content (AvgIpc) is 1.82. The van der Waals surface area contributed by atoms with Crippen LogP contribution in [0.1, 0.15) is 13.8 Å². The van der Waals surface area contributed by atoms with Crippen molar-refractivity contribution in [2.45, 2.75) is 26.2 Å². The predicted octanol–water partition coefficient (Wildman–Crippen LogP) is -0.787. The molecule has 5 N–H and O–H groups in total. The standard InChI is InChI=1S/C6H15N3O2/c1-4(11-5(2)10)3-9-6(7)8/h4-5,10H,3H2,1-2H3,(H4,7,8,9). The summed E-state index contributed by atoms with van der Waals surface area (Å²) in [4.78, 5) is 0. The van der Waals surface area contributed by atoms with Gasteiger partial charge in [-0.2, -0.15) is 0 Å². The number of ether oxygens (including phenoxy) is 1. The maximum Gasteiger partial charge on any atom is 0.185 e. The first-order valence-electron chi connectivity index (χ1n) is 3.43. The summed E-state index contributed by atoms with van der Waals surface area (Å²) >= 11 is 0. The molecule has 0 bridgehead atoms. The van der Waals surface area contributed by atoms with Gasteiger partial charge in [-0.1, -0.05) is 0 Å². The summed E-state index contributed by atoms with van der Waals surface area (Å²) in [5, 5.41) is 18.1. The van der Waals surface area contributed by atoms with E-state index in [9.17, 15) is 0 Å². The van der Waals surface area contributed by atoms with E-state index >= 15 is 0 Å². The Balaban J connectivity index is 3.37. The first-order valence-corrected chi connectivity index (χ1v) is 3.43. The Kier molecular flexibility index (Phi) is 4.56. The van der Waals surface area contributed by atoms with Gasteiger partial charge in [-0.25, -0.2) is 0 Å². The Bertz CT molecular complexity index is 127. The van der Waals surface area contributed by atoms with E-state index in [-0.39, 0.29) is 12.1 Å². The molecule has 2 unspecified atom stereocenters. The number of hydrogen-bond acceptors (Lipinski definition) is 3. The smallest absolute Gasteiger partial charge is 0.185 e. The second-order valence-corrected chi connectivity index (χ2v) is 2.34. The SMILES string of the molecule is CC(O)OC(C)CNC(=N)N. The van der Waals surface area contributed by atoms with Gasteiger partial charge in [0.2, 0.25) is 0 Å². The largest absolute Gasteiger partial charge is 0.370 e. The molecule has 0 aromatic heterocycles. The lowest BCUT2D eigenvalue weighted by atomic mass is 10.4. The first-order chi connectivity index (χ1) is 5.02. The molecular weight excluding hydrogens is 146 g/mol. The van der Waals surface area contributed by atoms with Crippen LogP contribution in [-0.4, -0.2) is 30.0 Å². The van der Waals surface area contributed by atoms with Crippen molar-refractivity contribution in [3.63, 3.8) is 0 Å². The summed E-state index contributed by atoms with van der Waals surface area (Å²) in [6.07, 6.45) is -0.933. The van der Waals surface area contributed by atoms with Gasteiger partial charge in [0, 0.05) is 6.54 Å². The zero-order valence-electron chi connectivity index (χ0n) is 6.79. The Morgan fingerprint density at radius 1 is 1.73 bits per heavy atom. The van der Waals surface area contributed by atoms with Gasteiger partial charge in [0.05, 0.1) is 6.10 Å². The first kappa shape index (κ1) is 10.2. The Morgan fingerprint density at radius 3 is 2.64 bits per heavy atom. The van der Waals surface area contributed by atoms with Crippen molar-refractivity contribution >= 4 is 5.96 Å². The van der Waals surface area contributed by atoms with Crippen LogP contribution in [0, 0.1) is 5.41 Å². The molecule has 0 amide bonds. The molecule has 0 heterocycles. The van der Waals surface area contributed by atoms with Crippen molar-refractivity contribution in [2.75, 3.05) is 6.54 Å². The quantitative estimate of drug-likeness (QED) is 0.247. The summed E-state index contributed by atoms with van der Waals surface area (Å²) in [6, 6.07) is 0. The topological polar surface area (TPSA) is 91.4 Å². The molecule has 5 heteroatoms. The molecule has 0 radical (unpaired) electrons. The van der Waals surface area contributed by atoms with Crippen molar-refractivity contribution in [1.29, 1.82) is 5.41 Å². The highest BCUT2D eigenvalue weighted by molar-refractivity contribution is 5.74. The van der Waals surface area contributed by atoms with Gasteiger partial charge in [-0.15, -0.1) is 0 Å². The van der Waals surface area contributed by atoms with Crippen LogP contribution in [0.4, 0.5) is 0 Å². The molecule has 0 rings (SSSR count). The minimum atomic E-state index is -0.779. The number of nitrogens with two attached hydrogens (primary N) is 1. The highest BCUT2D eigenvalue weighted by Gasteiger charge is 2.04. The second kappa shape index (κ2) is 4.92. The molecular formula is C6H15N3O2. The van der Waals surface area contributed by atoms with E-state index in [1.807, 2.05) is 0 Å². The van der Waals surface area contributed by atoms with Crippen molar-refractivity contribution in [1.82, 2.24) is 5.32 Å². The van der Waals surface area contributed by atoms with Crippen LogP contribution in [0.2, 0.25) is 0 Å². The minimum absolute atomic E-state index is 0.0916. The lowest BCUT2D eigenvalue weighted by Gasteiger charge is -2.15. The van der Waals surface area contributed by atoms with Gasteiger partial charge in [0.15, 0.2) is 12.2 Å². The van der Waals surface area contributed by atoms with Gasteiger partial charge in [-0.05, 0) is 13.8 Å². The van der Waals surface area contributed by atoms with Crippen LogP contribution < -0.4 is 11.1 Å². The minimum Gasteiger partial charge on any atom is -0.370 e. The third-order valence-electron chi connectivity index (χ3n) is 1.01. The van der Waals surface area contributed by atoms with E-state index in [2.05, 4.69) is 5.32 Å². The zero-order chi connectivity index (χ0) is 8.85. The Hall–Kier alpha value is -0.810. The van der Waals surface area contributed by atoms with Crippen molar-refractivity contribution in [3.8, 4) is 0 Å². The van der Waals surface area contributed by atoms with Gasteiger partial charge >= 0.3 is 0 Å². The highest BCUT2D eigenvalue weighted by atomic mass is 16.6. The number of hydrogen-bond donors (Lipinski definition) is 4. The molecule has 0 spiro atoms. The van der Waals surface area contributed by atoms with Gasteiger partial charge in [-0.3, -0.25) is 5.41 Å². The molecule has 0 aromatic rings. The summed E-state index contributed by atoms with van der Waals surface area (Å²) in [7, 11) is 0. The lowest BCUT2D eigenvalue weighted by Crippen LogP contribution is -2.37. The fourth-order valence-corrected chi connectivity index (χ4v) is 0.638. The average molecular weight is 161 g/mol. The monoisotopic (exact) mass is 161 g/mol. The van der Waals surface area contributed by atoms with Gasteiger partial charge in [0.25, 0.3) is 0 Å². The number of aliphatic hydroxyl groups is 1. The summed E-state index contributed by atoms with van der Waals surface area (Å²) in [5.41, 5.74) is 5.03. The highest BCUT2D eigenvalue weighted by Crippen LogP contribution is 1.92. The van der Waals surface area contributed by atoms with Crippen LogP contribution in [0.5, 0.6) is 0 Å². The van der Waals surface area contributed by atoms with E-state index in [1.54, 1.807) is 6.92 Å². The van der Waals surface area contributed by atoms with Gasteiger partial charge < -0.3 is 20.9 Å². The lowest BCUT2D eigenvalue weighted by molar-refractivity contribution is -0.115. The number of guanidine groups is 1. The molecule has 0 aromatic carbocycles. The van der Waals surface area contributed by atoms with E-state index in [4.69, 9.17) is 21.0 Å². The predicted molar refractivity (Wildman–Crippen MR) is 42.1 cm³/mol. The molecule has 0 saturated carbocycles. The fraction of sp³-hybridized carbons (Fsp3) is 0.833. The Morgan fingerprint density at radius 2 is 2.27 bits per heavy atom. The Labute approximate surface area is 66.0 Å².